The highest BCUT2D eigenvalue weighted by molar-refractivity contribution is 8.03. The standard InChI is InChI=1S/C22H42S/c1-2-3-4-5-6-7-8-9-10-11-12-13-14-15-16-17-19-22-20-18-21-23-22/h18,21-22H,2-17,19-20H2,1H3. The Labute approximate surface area is 151 Å². The second kappa shape index (κ2) is 16.9. The molecule has 0 aromatic carbocycles. The van der Waals surface area contributed by atoms with E-state index in [1.165, 1.54) is 116 Å². The van der Waals surface area contributed by atoms with E-state index in [0.29, 0.717) is 0 Å². The van der Waals surface area contributed by atoms with E-state index in [9.17, 15) is 0 Å². The summed E-state index contributed by atoms with van der Waals surface area (Å²) in [6.45, 7) is 2.30. The van der Waals surface area contributed by atoms with Crippen LogP contribution in [0.1, 0.15) is 122 Å². The van der Waals surface area contributed by atoms with Crippen LogP contribution in [0.5, 0.6) is 0 Å². The molecule has 1 aliphatic heterocycles. The Morgan fingerprint density at radius 1 is 0.652 bits per heavy atom. The van der Waals surface area contributed by atoms with Gasteiger partial charge in [-0.3, -0.25) is 0 Å². The van der Waals surface area contributed by atoms with Crippen molar-refractivity contribution in [1.29, 1.82) is 0 Å². The molecule has 0 aromatic heterocycles. The predicted octanol–water partition coefficient (Wildman–Crippen LogP) is 8.66. The van der Waals surface area contributed by atoms with E-state index < -0.39 is 0 Å². The lowest BCUT2D eigenvalue weighted by molar-refractivity contribution is 0.526. The molecule has 0 radical (unpaired) electrons. The van der Waals surface area contributed by atoms with Crippen molar-refractivity contribution in [3.05, 3.63) is 11.5 Å². The molecule has 0 fully saturated rings. The van der Waals surface area contributed by atoms with Gasteiger partial charge in [0.15, 0.2) is 0 Å². The van der Waals surface area contributed by atoms with Gasteiger partial charge in [0.1, 0.15) is 0 Å². The van der Waals surface area contributed by atoms with Crippen molar-refractivity contribution in [1.82, 2.24) is 0 Å². The SMILES string of the molecule is CCCCCCCCCCCCCCCCCCC1CC=CS1. The molecule has 1 heteroatoms. The molecule has 0 amide bonds. The van der Waals surface area contributed by atoms with Crippen molar-refractivity contribution in [2.75, 3.05) is 0 Å². The van der Waals surface area contributed by atoms with Gasteiger partial charge in [0.2, 0.25) is 0 Å². The molecule has 1 rings (SSSR count). The minimum Gasteiger partial charge on any atom is -0.131 e. The number of allylic oxidation sites excluding steroid dienone is 1. The Hall–Kier alpha value is 0.0900. The normalized spacial score (nSPS) is 17.2. The molecule has 0 aromatic rings. The second-order valence-electron chi connectivity index (χ2n) is 7.46. The summed E-state index contributed by atoms with van der Waals surface area (Å²) < 4.78 is 0. The number of thioether (sulfide) groups is 1. The van der Waals surface area contributed by atoms with E-state index in [2.05, 4.69) is 18.4 Å². The van der Waals surface area contributed by atoms with E-state index in [-0.39, 0.29) is 0 Å². The first-order chi connectivity index (χ1) is 11.4. The number of unbranched alkanes of at least 4 members (excludes halogenated alkanes) is 15. The third kappa shape index (κ3) is 14.2. The number of hydrogen-bond donors (Lipinski definition) is 0. The molecule has 1 unspecified atom stereocenters. The third-order valence-corrected chi connectivity index (χ3v) is 6.31. The lowest BCUT2D eigenvalue weighted by Crippen LogP contribution is -1.95. The molecule has 0 N–H and O–H groups in total. The first-order valence-electron chi connectivity index (χ1n) is 10.7. The average Bonchev–Trinajstić information content (AvgIpc) is 3.08. The number of hydrogen-bond acceptors (Lipinski definition) is 1. The fraction of sp³-hybridized carbons (Fsp3) is 0.909. The highest BCUT2D eigenvalue weighted by atomic mass is 32.2. The van der Waals surface area contributed by atoms with E-state index in [4.69, 9.17) is 0 Å². The van der Waals surface area contributed by atoms with Crippen molar-refractivity contribution in [2.45, 2.75) is 128 Å². The summed E-state index contributed by atoms with van der Waals surface area (Å²) in [7, 11) is 0. The highest BCUT2D eigenvalue weighted by Gasteiger charge is 2.09. The van der Waals surface area contributed by atoms with E-state index in [1.54, 1.807) is 0 Å². The fourth-order valence-electron chi connectivity index (χ4n) is 3.54. The van der Waals surface area contributed by atoms with Crippen LogP contribution in [0, 0.1) is 0 Å². The van der Waals surface area contributed by atoms with Crippen LogP contribution in [0.15, 0.2) is 11.5 Å². The zero-order chi connectivity index (χ0) is 16.4. The molecular formula is C22H42S. The molecule has 1 heterocycles. The van der Waals surface area contributed by atoms with Gasteiger partial charge in [0, 0.05) is 5.25 Å². The Morgan fingerprint density at radius 2 is 1.09 bits per heavy atom. The Balaban J connectivity index is 1.64. The molecule has 136 valence electrons. The minimum atomic E-state index is 0.918. The van der Waals surface area contributed by atoms with Gasteiger partial charge in [-0.1, -0.05) is 116 Å². The van der Waals surface area contributed by atoms with Crippen LogP contribution in [0.2, 0.25) is 0 Å². The van der Waals surface area contributed by atoms with Crippen molar-refractivity contribution in [3.63, 3.8) is 0 Å². The summed E-state index contributed by atoms with van der Waals surface area (Å²) in [6, 6.07) is 0. The van der Waals surface area contributed by atoms with Gasteiger partial charge in [-0.05, 0) is 18.2 Å². The molecule has 0 aliphatic carbocycles. The third-order valence-electron chi connectivity index (χ3n) is 5.15. The maximum absolute atomic E-state index is 2.34. The summed E-state index contributed by atoms with van der Waals surface area (Å²) in [4.78, 5) is 0. The summed E-state index contributed by atoms with van der Waals surface area (Å²) in [6.07, 6.45) is 28.6. The molecule has 0 spiro atoms. The topological polar surface area (TPSA) is 0 Å². The van der Waals surface area contributed by atoms with Crippen LogP contribution < -0.4 is 0 Å². The lowest BCUT2D eigenvalue weighted by atomic mass is 10.0. The smallest absolute Gasteiger partial charge is 0.0123 e. The van der Waals surface area contributed by atoms with Crippen molar-refractivity contribution < 1.29 is 0 Å². The molecular weight excluding hydrogens is 296 g/mol. The predicted molar refractivity (Wildman–Crippen MR) is 109 cm³/mol. The average molecular weight is 339 g/mol. The van der Waals surface area contributed by atoms with Gasteiger partial charge in [-0.25, -0.2) is 0 Å². The van der Waals surface area contributed by atoms with Crippen LogP contribution in [0.4, 0.5) is 0 Å². The summed E-state index contributed by atoms with van der Waals surface area (Å²) >= 11 is 2.05. The van der Waals surface area contributed by atoms with Crippen molar-refractivity contribution in [3.8, 4) is 0 Å². The second-order valence-corrected chi connectivity index (χ2v) is 8.67. The summed E-state index contributed by atoms with van der Waals surface area (Å²) in [5, 5.41) is 3.21. The fourth-order valence-corrected chi connectivity index (χ4v) is 4.50. The van der Waals surface area contributed by atoms with Gasteiger partial charge in [0.25, 0.3) is 0 Å². The van der Waals surface area contributed by atoms with Crippen molar-refractivity contribution in [2.24, 2.45) is 0 Å². The Bertz CT molecular complexity index is 251. The molecule has 0 nitrogen and oxygen atoms in total. The van der Waals surface area contributed by atoms with Crippen LogP contribution >= 0.6 is 11.8 Å². The first-order valence-corrected chi connectivity index (χ1v) is 11.7. The Morgan fingerprint density at radius 3 is 1.48 bits per heavy atom. The summed E-state index contributed by atoms with van der Waals surface area (Å²) in [5.74, 6) is 0. The number of rotatable bonds is 17. The van der Waals surface area contributed by atoms with E-state index >= 15 is 0 Å². The van der Waals surface area contributed by atoms with E-state index in [1.807, 2.05) is 11.8 Å². The van der Waals surface area contributed by atoms with Crippen LogP contribution in [-0.4, -0.2) is 5.25 Å². The maximum Gasteiger partial charge on any atom is 0.0123 e. The minimum absolute atomic E-state index is 0.918. The molecule has 0 saturated carbocycles. The van der Waals surface area contributed by atoms with Gasteiger partial charge >= 0.3 is 0 Å². The summed E-state index contributed by atoms with van der Waals surface area (Å²) in [5.41, 5.74) is 0. The van der Waals surface area contributed by atoms with Crippen molar-refractivity contribution >= 4 is 11.8 Å². The highest BCUT2D eigenvalue weighted by Crippen LogP contribution is 2.28. The molecule has 23 heavy (non-hydrogen) atoms. The largest absolute Gasteiger partial charge is 0.131 e. The lowest BCUT2D eigenvalue weighted by Gasteiger charge is -2.07. The quantitative estimate of drug-likeness (QED) is 0.239. The van der Waals surface area contributed by atoms with Crippen LogP contribution in [0.3, 0.4) is 0 Å². The van der Waals surface area contributed by atoms with Gasteiger partial charge < -0.3 is 0 Å². The van der Waals surface area contributed by atoms with E-state index in [0.717, 1.165) is 5.25 Å². The first kappa shape index (κ1) is 21.1. The monoisotopic (exact) mass is 338 g/mol. The van der Waals surface area contributed by atoms with Gasteiger partial charge in [-0.2, -0.15) is 0 Å². The molecule has 0 bridgehead atoms. The zero-order valence-electron chi connectivity index (χ0n) is 15.9. The maximum atomic E-state index is 2.34. The Kier molecular flexibility index (Phi) is 15.6. The zero-order valence-corrected chi connectivity index (χ0v) is 16.7. The molecule has 1 aliphatic rings. The molecule has 1 atom stereocenters. The molecule has 0 saturated heterocycles. The van der Waals surface area contributed by atoms with Gasteiger partial charge in [-0.15, -0.1) is 11.8 Å². The van der Waals surface area contributed by atoms with Crippen LogP contribution in [-0.2, 0) is 0 Å². The van der Waals surface area contributed by atoms with Crippen LogP contribution in [0.25, 0.3) is 0 Å². The van der Waals surface area contributed by atoms with Gasteiger partial charge in [0.05, 0.1) is 0 Å².